The van der Waals surface area contributed by atoms with Crippen LogP contribution in [-0.2, 0) is 9.59 Å². The van der Waals surface area contributed by atoms with Gasteiger partial charge in [0.15, 0.2) is 0 Å². The number of hydrogen-bond acceptors (Lipinski definition) is 5. The number of rotatable bonds is 5. The molecule has 2 aliphatic heterocycles. The third kappa shape index (κ3) is 3.46. The molecular weight excluding hydrogens is 381 g/mol. The second kappa shape index (κ2) is 8.07. The van der Waals surface area contributed by atoms with E-state index in [2.05, 4.69) is 5.10 Å². The molecule has 0 spiro atoms. The van der Waals surface area contributed by atoms with E-state index in [1.807, 2.05) is 50.2 Å². The number of carboxylic acid groups (broad SMARTS) is 1. The van der Waals surface area contributed by atoms with Crippen LogP contribution in [0, 0.1) is 5.92 Å². The van der Waals surface area contributed by atoms with Crippen LogP contribution in [-0.4, -0.2) is 43.8 Å². The van der Waals surface area contributed by atoms with E-state index in [0.29, 0.717) is 17.7 Å². The van der Waals surface area contributed by atoms with Crippen LogP contribution < -0.4 is 34.7 Å². The van der Waals surface area contributed by atoms with Crippen molar-refractivity contribution in [3.8, 4) is 5.69 Å². The Bertz CT molecular complexity index is 981. The first kappa shape index (κ1) is 21.8. The van der Waals surface area contributed by atoms with Crippen LogP contribution in [0.5, 0.6) is 0 Å². The molecule has 1 aromatic carbocycles. The van der Waals surface area contributed by atoms with E-state index < -0.39 is 18.0 Å². The summed E-state index contributed by atoms with van der Waals surface area (Å²) < 4.78 is 1.72. The molecule has 0 saturated carbocycles. The fraction of sp³-hybridized carbons (Fsp3) is 0.381. The van der Waals surface area contributed by atoms with E-state index in [1.54, 1.807) is 11.6 Å². The predicted octanol–water partition coefficient (Wildman–Crippen LogP) is -1.93. The second-order valence-corrected chi connectivity index (χ2v) is 7.72. The first-order valence-corrected chi connectivity index (χ1v) is 9.42. The second-order valence-electron chi connectivity index (χ2n) is 7.72. The molecule has 8 heteroatoms. The van der Waals surface area contributed by atoms with Crippen molar-refractivity contribution in [3.63, 3.8) is 0 Å². The topological polar surface area (TPSA) is 98.5 Å². The van der Waals surface area contributed by atoms with Crippen molar-refractivity contribution in [3.05, 3.63) is 53.5 Å². The maximum atomic E-state index is 12.5. The predicted molar refractivity (Wildman–Crippen MR) is 100 cm³/mol. The van der Waals surface area contributed by atoms with Crippen molar-refractivity contribution in [2.24, 2.45) is 5.92 Å². The van der Waals surface area contributed by atoms with Gasteiger partial charge in [0.2, 0.25) is 5.91 Å². The molecule has 1 N–H and O–H groups in total. The zero-order valence-corrected chi connectivity index (χ0v) is 19.0. The van der Waals surface area contributed by atoms with E-state index in [-0.39, 0.29) is 53.1 Å². The van der Waals surface area contributed by atoms with Gasteiger partial charge in [-0.3, -0.25) is 4.79 Å². The number of benzene rings is 1. The number of carbonyl (C=O) groups excluding carboxylic acids is 2. The summed E-state index contributed by atoms with van der Waals surface area (Å²) in [5.74, 6) is -2.20. The summed E-state index contributed by atoms with van der Waals surface area (Å²) in [6, 6.07) is 11.0. The molecule has 146 valence electrons. The van der Waals surface area contributed by atoms with E-state index in [4.69, 9.17) is 0 Å². The Hall–Kier alpha value is -1.93. The van der Waals surface area contributed by atoms with Gasteiger partial charge in [0.25, 0.3) is 0 Å². The van der Waals surface area contributed by atoms with E-state index in [9.17, 15) is 19.8 Å². The van der Waals surface area contributed by atoms with Gasteiger partial charge in [-0.1, -0.05) is 32.0 Å². The average Bonchev–Trinajstić information content (AvgIpc) is 3.21. The largest absolute Gasteiger partial charge is 1.00 e. The van der Waals surface area contributed by atoms with Crippen LogP contribution in [0.2, 0.25) is 0 Å². The molecule has 1 saturated heterocycles. The van der Waals surface area contributed by atoms with E-state index in [0.717, 1.165) is 11.4 Å². The molecular formula is C21H22N3NaO4. The number of amides is 1. The van der Waals surface area contributed by atoms with Gasteiger partial charge in [-0.05, 0) is 37.5 Å². The van der Waals surface area contributed by atoms with Gasteiger partial charge in [-0.2, -0.15) is 5.10 Å². The maximum absolute atomic E-state index is 12.5. The van der Waals surface area contributed by atoms with Crippen LogP contribution >= 0.6 is 0 Å². The molecule has 0 aliphatic carbocycles. The molecule has 0 radical (unpaired) electrons. The molecule has 3 atom stereocenters. The number of hydrogen-bond donors (Lipinski definition) is 1. The summed E-state index contributed by atoms with van der Waals surface area (Å²) >= 11 is 0. The van der Waals surface area contributed by atoms with Gasteiger partial charge in [0.1, 0.15) is 0 Å². The van der Waals surface area contributed by atoms with Crippen LogP contribution in [0.4, 0.5) is 0 Å². The zero-order valence-electron chi connectivity index (χ0n) is 17.0. The number of aromatic nitrogens is 2. The SMILES string of the molecule is CC(C)c1cc(C2=C(C(=O)[O-])N3C(=O)[C@H]([C@@H](C)O)[C@H]3C2)n(-c2ccccc2)n1.[Na+]. The first-order valence-electron chi connectivity index (χ1n) is 9.42. The van der Waals surface area contributed by atoms with Crippen LogP contribution in [0.1, 0.15) is 44.5 Å². The monoisotopic (exact) mass is 403 g/mol. The Morgan fingerprint density at radius 1 is 1.24 bits per heavy atom. The zero-order chi connectivity index (χ0) is 20.2. The van der Waals surface area contributed by atoms with Crippen LogP contribution in [0.3, 0.4) is 0 Å². The molecule has 29 heavy (non-hydrogen) atoms. The van der Waals surface area contributed by atoms with Crippen LogP contribution in [0.15, 0.2) is 42.1 Å². The summed E-state index contributed by atoms with van der Waals surface area (Å²) in [4.78, 5) is 25.7. The summed E-state index contributed by atoms with van der Waals surface area (Å²) in [5, 5.41) is 26.5. The minimum absolute atomic E-state index is 0. The number of carbonyl (C=O) groups is 2. The summed E-state index contributed by atoms with van der Waals surface area (Å²) in [5.41, 5.74) is 2.68. The number of nitrogens with zero attached hydrogens (tertiary/aromatic N) is 3. The van der Waals surface area contributed by atoms with Crippen molar-refractivity contribution in [2.75, 3.05) is 0 Å². The Morgan fingerprint density at radius 2 is 1.90 bits per heavy atom. The number of aliphatic hydroxyl groups is 1. The Balaban J connectivity index is 0.00000240. The van der Waals surface area contributed by atoms with Crippen molar-refractivity contribution in [1.82, 2.24) is 14.7 Å². The number of para-hydroxylation sites is 1. The molecule has 0 bridgehead atoms. The minimum atomic E-state index is -1.39. The van der Waals surface area contributed by atoms with Gasteiger partial charge in [-0.15, -0.1) is 0 Å². The molecule has 1 aromatic heterocycles. The average molecular weight is 403 g/mol. The summed E-state index contributed by atoms with van der Waals surface area (Å²) in [6.07, 6.45) is -0.484. The third-order valence-corrected chi connectivity index (χ3v) is 5.55. The normalized spacial score (nSPS) is 21.7. The van der Waals surface area contributed by atoms with Crippen molar-refractivity contribution in [1.29, 1.82) is 0 Å². The number of carboxylic acids is 1. The molecule has 7 nitrogen and oxygen atoms in total. The molecule has 2 aliphatic rings. The van der Waals surface area contributed by atoms with Gasteiger partial charge in [0.05, 0.1) is 46.8 Å². The quantitative estimate of drug-likeness (QED) is 0.463. The minimum Gasteiger partial charge on any atom is -0.543 e. The molecule has 0 unspecified atom stereocenters. The molecule has 3 heterocycles. The fourth-order valence-corrected chi connectivity index (χ4v) is 4.15. The maximum Gasteiger partial charge on any atom is 1.00 e. The third-order valence-electron chi connectivity index (χ3n) is 5.55. The Morgan fingerprint density at radius 3 is 2.45 bits per heavy atom. The number of fused-ring (bicyclic) bond motifs is 1. The number of β-lactam (4-membered cyclic amide) rings is 1. The smallest absolute Gasteiger partial charge is 0.543 e. The van der Waals surface area contributed by atoms with Gasteiger partial charge in [0, 0.05) is 5.57 Å². The van der Waals surface area contributed by atoms with Crippen molar-refractivity contribution < 1.29 is 49.4 Å². The van der Waals surface area contributed by atoms with Gasteiger partial charge >= 0.3 is 29.6 Å². The molecule has 2 aromatic rings. The van der Waals surface area contributed by atoms with Crippen molar-refractivity contribution >= 4 is 17.4 Å². The summed E-state index contributed by atoms with van der Waals surface area (Å²) in [6.45, 7) is 5.59. The standard InChI is InChI=1S/C21H23N3O4.Na/c1-11(2)15-10-16(24(22-15)13-7-5-4-6-8-13)14-9-17-18(12(3)25)20(26)23(17)19(14)21(27)28;/h4-8,10-12,17-18,25H,9H2,1-3H3,(H,27,28);/q;+1/p-1/t12-,17-,18-;/m1./s1. The Kier molecular flexibility index (Phi) is 6.06. The first-order chi connectivity index (χ1) is 13.3. The molecule has 4 rings (SSSR count). The van der Waals surface area contributed by atoms with Gasteiger partial charge < -0.3 is 19.9 Å². The molecule has 1 fully saturated rings. The Labute approximate surface area is 191 Å². The fourth-order valence-electron chi connectivity index (χ4n) is 4.15. The van der Waals surface area contributed by atoms with E-state index in [1.165, 1.54) is 4.90 Å². The number of aliphatic hydroxyl groups excluding tert-OH is 1. The van der Waals surface area contributed by atoms with E-state index >= 15 is 0 Å². The van der Waals surface area contributed by atoms with Gasteiger partial charge in [-0.25, -0.2) is 4.68 Å². The molecule has 1 amide bonds. The summed E-state index contributed by atoms with van der Waals surface area (Å²) in [7, 11) is 0. The van der Waals surface area contributed by atoms with Crippen molar-refractivity contribution in [2.45, 2.75) is 45.3 Å². The van der Waals surface area contributed by atoms with Crippen LogP contribution in [0.25, 0.3) is 11.3 Å². The number of aliphatic carboxylic acids is 1.